The molecule has 4 heteroatoms. The first-order valence-electron chi connectivity index (χ1n) is 6.12. The standard InChI is InChI=1S/C14H22BrNO2/c1-10-4-5-11(15)6-13(10)14(2,3)9-16-12(7-17)8-18/h4-6,12,16-18H,7-9H2,1-3H3. The summed E-state index contributed by atoms with van der Waals surface area (Å²) in [6.07, 6.45) is 0. The van der Waals surface area contributed by atoms with Gasteiger partial charge in [0.15, 0.2) is 0 Å². The molecule has 0 aromatic heterocycles. The van der Waals surface area contributed by atoms with Crippen molar-refractivity contribution in [1.29, 1.82) is 0 Å². The summed E-state index contributed by atoms with van der Waals surface area (Å²) < 4.78 is 1.07. The van der Waals surface area contributed by atoms with Crippen LogP contribution in [0.4, 0.5) is 0 Å². The third kappa shape index (κ3) is 4.05. The minimum Gasteiger partial charge on any atom is -0.395 e. The molecule has 0 aliphatic rings. The van der Waals surface area contributed by atoms with Crippen LogP contribution in [0.25, 0.3) is 0 Å². The van der Waals surface area contributed by atoms with E-state index in [2.05, 4.69) is 54.2 Å². The van der Waals surface area contributed by atoms with E-state index >= 15 is 0 Å². The molecule has 1 rings (SSSR count). The van der Waals surface area contributed by atoms with Crippen LogP contribution in [0.3, 0.4) is 0 Å². The van der Waals surface area contributed by atoms with Gasteiger partial charge in [0.2, 0.25) is 0 Å². The molecular formula is C14H22BrNO2. The Bertz CT molecular complexity index is 389. The highest BCUT2D eigenvalue weighted by Gasteiger charge is 2.23. The lowest BCUT2D eigenvalue weighted by Gasteiger charge is -2.29. The van der Waals surface area contributed by atoms with Gasteiger partial charge in [-0.15, -0.1) is 0 Å². The van der Waals surface area contributed by atoms with Gasteiger partial charge in [-0.2, -0.15) is 0 Å². The predicted molar refractivity (Wildman–Crippen MR) is 77.9 cm³/mol. The van der Waals surface area contributed by atoms with Gasteiger partial charge >= 0.3 is 0 Å². The molecule has 0 amide bonds. The van der Waals surface area contributed by atoms with Crippen LogP contribution in [0.2, 0.25) is 0 Å². The number of aliphatic hydroxyl groups is 2. The molecule has 0 saturated heterocycles. The molecule has 0 unspecified atom stereocenters. The van der Waals surface area contributed by atoms with E-state index in [1.54, 1.807) is 0 Å². The molecular weight excluding hydrogens is 294 g/mol. The zero-order valence-corrected chi connectivity index (χ0v) is 12.8. The van der Waals surface area contributed by atoms with Crippen molar-refractivity contribution < 1.29 is 10.2 Å². The molecule has 102 valence electrons. The average molecular weight is 316 g/mol. The van der Waals surface area contributed by atoms with Crippen LogP contribution < -0.4 is 5.32 Å². The number of rotatable bonds is 6. The maximum absolute atomic E-state index is 9.06. The summed E-state index contributed by atoms with van der Waals surface area (Å²) in [4.78, 5) is 0. The Kier molecular flexibility index (Phi) is 5.79. The van der Waals surface area contributed by atoms with E-state index in [9.17, 15) is 0 Å². The lowest BCUT2D eigenvalue weighted by Crippen LogP contribution is -2.43. The number of nitrogens with one attached hydrogen (secondary N) is 1. The van der Waals surface area contributed by atoms with Crippen molar-refractivity contribution in [2.24, 2.45) is 0 Å². The first-order valence-corrected chi connectivity index (χ1v) is 6.91. The zero-order chi connectivity index (χ0) is 13.8. The first kappa shape index (κ1) is 15.6. The van der Waals surface area contributed by atoms with Crippen molar-refractivity contribution in [3.05, 3.63) is 33.8 Å². The maximum Gasteiger partial charge on any atom is 0.0607 e. The molecule has 0 fully saturated rings. The summed E-state index contributed by atoms with van der Waals surface area (Å²) in [5.74, 6) is 0. The zero-order valence-electron chi connectivity index (χ0n) is 11.2. The molecule has 0 saturated carbocycles. The van der Waals surface area contributed by atoms with Crippen LogP contribution in [0.5, 0.6) is 0 Å². The highest BCUT2D eigenvalue weighted by atomic mass is 79.9. The number of benzene rings is 1. The third-order valence-corrected chi connectivity index (χ3v) is 3.70. The Morgan fingerprint density at radius 3 is 2.44 bits per heavy atom. The van der Waals surface area contributed by atoms with Crippen LogP contribution in [-0.2, 0) is 5.41 Å². The minimum atomic E-state index is -0.253. The summed E-state index contributed by atoms with van der Waals surface area (Å²) in [7, 11) is 0. The van der Waals surface area contributed by atoms with Gasteiger partial charge in [-0.25, -0.2) is 0 Å². The van der Waals surface area contributed by atoms with E-state index in [1.165, 1.54) is 11.1 Å². The van der Waals surface area contributed by atoms with Crippen LogP contribution in [-0.4, -0.2) is 36.0 Å². The van der Waals surface area contributed by atoms with E-state index < -0.39 is 0 Å². The largest absolute Gasteiger partial charge is 0.395 e. The molecule has 1 aromatic carbocycles. The number of aryl methyl sites for hydroxylation is 1. The number of hydrogen-bond acceptors (Lipinski definition) is 3. The smallest absolute Gasteiger partial charge is 0.0607 e. The van der Waals surface area contributed by atoms with Gasteiger partial charge in [0, 0.05) is 16.4 Å². The van der Waals surface area contributed by atoms with Crippen molar-refractivity contribution >= 4 is 15.9 Å². The van der Waals surface area contributed by atoms with Gasteiger partial charge < -0.3 is 15.5 Å². The van der Waals surface area contributed by atoms with E-state index in [1.807, 2.05) is 6.07 Å². The summed E-state index contributed by atoms with van der Waals surface area (Å²) in [6.45, 7) is 7.00. The van der Waals surface area contributed by atoms with Crippen LogP contribution in [0.1, 0.15) is 25.0 Å². The van der Waals surface area contributed by atoms with Crippen LogP contribution in [0.15, 0.2) is 22.7 Å². The molecule has 0 heterocycles. The van der Waals surface area contributed by atoms with E-state index in [0.29, 0.717) is 6.54 Å². The molecule has 1 aromatic rings. The fraction of sp³-hybridized carbons (Fsp3) is 0.571. The topological polar surface area (TPSA) is 52.5 Å². The number of halogens is 1. The highest BCUT2D eigenvalue weighted by molar-refractivity contribution is 9.10. The Morgan fingerprint density at radius 2 is 1.89 bits per heavy atom. The van der Waals surface area contributed by atoms with Gasteiger partial charge in [-0.1, -0.05) is 35.8 Å². The molecule has 18 heavy (non-hydrogen) atoms. The lowest BCUT2D eigenvalue weighted by molar-refractivity contribution is 0.166. The van der Waals surface area contributed by atoms with E-state index in [0.717, 1.165) is 4.47 Å². The molecule has 0 radical (unpaired) electrons. The molecule has 0 spiro atoms. The summed E-state index contributed by atoms with van der Waals surface area (Å²) in [6, 6.07) is 6.00. The minimum absolute atomic E-state index is 0.0515. The Balaban J connectivity index is 2.82. The normalized spacial score (nSPS) is 12.2. The quantitative estimate of drug-likeness (QED) is 0.752. The molecule has 3 nitrogen and oxygen atoms in total. The lowest BCUT2D eigenvalue weighted by atomic mass is 9.82. The number of aliphatic hydroxyl groups excluding tert-OH is 2. The molecule has 0 aliphatic carbocycles. The summed E-state index contributed by atoms with van der Waals surface area (Å²) in [5.41, 5.74) is 2.45. The molecule has 0 atom stereocenters. The van der Waals surface area contributed by atoms with Gasteiger partial charge in [0.05, 0.1) is 19.3 Å². The molecule has 0 aliphatic heterocycles. The molecule has 0 bridgehead atoms. The Hall–Kier alpha value is -0.420. The third-order valence-electron chi connectivity index (χ3n) is 3.20. The van der Waals surface area contributed by atoms with Crippen molar-refractivity contribution in [1.82, 2.24) is 5.32 Å². The highest BCUT2D eigenvalue weighted by Crippen LogP contribution is 2.28. The van der Waals surface area contributed by atoms with Crippen molar-refractivity contribution in [2.45, 2.75) is 32.2 Å². The van der Waals surface area contributed by atoms with Gasteiger partial charge in [-0.3, -0.25) is 0 Å². The average Bonchev–Trinajstić information content (AvgIpc) is 2.33. The number of hydrogen-bond donors (Lipinski definition) is 3. The van der Waals surface area contributed by atoms with Crippen molar-refractivity contribution in [2.75, 3.05) is 19.8 Å². The maximum atomic E-state index is 9.06. The Labute approximate surface area is 117 Å². The van der Waals surface area contributed by atoms with Crippen molar-refractivity contribution in [3.63, 3.8) is 0 Å². The predicted octanol–water partition coefficient (Wildman–Crippen LogP) is 1.98. The second kappa shape index (κ2) is 6.66. The van der Waals surface area contributed by atoms with Crippen LogP contribution in [0, 0.1) is 6.92 Å². The van der Waals surface area contributed by atoms with Gasteiger partial charge in [0.1, 0.15) is 0 Å². The molecule has 3 N–H and O–H groups in total. The van der Waals surface area contributed by atoms with E-state index in [-0.39, 0.29) is 24.7 Å². The van der Waals surface area contributed by atoms with Crippen molar-refractivity contribution in [3.8, 4) is 0 Å². The fourth-order valence-electron chi connectivity index (χ4n) is 2.00. The SMILES string of the molecule is Cc1ccc(Br)cc1C(C)(C)CNC(CO)CO. The first-order chi connectivity index (χ1) is 8.40. The summed E-state index contributed by atoms with van der Waals surface area (Å²) in [5, 5.41) is 21.3. The van der Waals surface area contributed by atoms with Crippen LogP contribution >= 0.6 is 15.9 Å². The second-order valence-electron chi connectivity index (χ2n) is 5.29. The van der Waals surface area contributed by atoms with E-state index in [4.69, 9.17) is 10.2 Å². The second-order valence-corrected chi connectivity index (χ2v) is 6.20. The summed E-state index contributed by atoms with van der Waals surface area (Å²) >= 11 is 3.50. The monoisotopic (exact) mass is 315 g/mol. The van der Waals surface area contributed by atoms with Gasteiger partial charge in [-0.05, 0) is 30.2 Å². The Morgan fingerprint density at radius 1 is 1.28 bits per heavy atom. The van der Waals surface area contributed by atoms with Gasteiger partial charge in [0.25, 0.3) is 0 Å². The fourth-order valence-corrected chi connectivity index (χ4v) is 2.37.